The zero-order valence-electron chi connectivity index (χ0n) is 9.07. The second-order valence-electron chi connectivity index (χ2n) is 3.76. The number of aromatic hydroxyl groups is 2. The highest BCUT2D eigenvalue weighted by molar-refractivity contribution is 5.81. The molecule has 1 heterocycles. The van der Waals surface area contributed by atoms with Crippen LogP contribution in [0.25, 0.3) is 11.1 Å². The molecule has 1 aromatic heterocycles. The Balaban J connectivity index is 2.72. The third kappa shape index (κ3) is 1.37. The predicted molar refractivity (Wildman–Crippen MR) is 61.2 cm³/mol. The van der Waals surface area contributed by atoms with Gasteiger partial charge in [0.25, 0.3) is 0 Å². The number of nitrogens with two attached hydrogens (primary N) is 1. The molecule has 0 fully saturated rings. The highest BCUT2D eigenvalue weighted by Gasteiger charge is 2.16. The number of H-pyrrole nitrogens is 1. The van der Waals surface area contributed by atoms with Crippen molar-refractivity contribution in [2.24, 2.45) is 0 Å². The summed E-state index contributed by atoms with van der Waals surface area (Å²) in [5.41, 5.74) is 8.26. The van der Waals surface area contributed by atoms with E-state index >= 15 is 0 Å². The van der Waals surface area contributed by atoms with Crippen LogP contribution in [0.2, 0.25) is 0 Å². The predicted octanol–water partition coefficient (Wildman–Crippen LogP) is 1.69. The fourth-order valence-electron chi connectivity index (χ4n) is 1.60. The van der Waals surface area contributed by atoms with Crippen LogP contribution in [0, 0.1) is 13.8 Å². The number of nitrogen functional groups attached to an aromatic ring is 1. The van der Waals surface area contributed by atoms with Crippen molar-refractivity contribution >= 4 is 5.82 Å². The minimum Gasteiger partial charge on any atom is -0.504 e. The van der Waals surface area contributed by atoms with Gasteiger partial charge < -0.3 is 15.9 Å². The smallest absolute Gasteiger partial charge is 0.165 e. The van der Waals surface area contributed by atoms with Gasteiger partial charge in [-0.05, 0) is 31.0 Å². The zero-order valence-corrected chi connectivity index (χ0v) is 9.07. The minimum absolute atomic E-state index is 0.115. The van der Waals surface area contributed by atoms with E-state index in [0.717, 1.165) is 5.56 Å². The van der Waals surface area contributed by atoms with E-state index in [1.165, 1.54) is 6.20 Å². The van der Waals surface area contributed by atoms with E-state index in [1.54, 1.807) is 13.0 Å². The summed E-state index contributed by atoms with van der Waals surface area (Å²) in [5, 5.41) is 25.9. The minimum atomic E-state index is -0.170. The van der Waals surface area contributed by atoms with Crippen molar-refractivity contribution in [1.82, 2.24) is 10.2 Å². The van der Waals surface area contributed by atoms with Gasteiger partial charge in [-0.15, -0.1) is 0 Å². The largest absolute Gasteiger partial charge is 0.504 e. The van der Waals surface area contributed by atoms with E-state index < -0.39 is 0 Å². The fourth-order valence-corrected chi connectivity index (χ4v) is 1.60. The maximum absolute atomic E-state index is 9.85. The molecule has 0 aliphatic heterocycles. The van der Waals surface area contributed by atoms with Crippen LogP contribution in [0.15, 0.2) is 12.3 Å². The van der Waals surface area contributed by atoms with E-state index in [2.05, 4.69) is 10.2 Å². The summed E-state index contributed by atoms with van der Waals surface area (Å²) in [6, 6.07) is 1.77. The molecule has 0 amide bonds. The Hall–Kier alpha value is -2.17. The van der Waals surface area contributed by atoms with E-state index in [9.17, 15) is 10.2 Å². The van der Waals surface area contributed by atoms with Crippen LogP contribution in [0.4, 0.5) is 5.82 Å². The number of phenols is 2. The van der Waals surface area contributed by atoms with Crippen molar-refractivity contribution in [3.8, 4) is 22.6 Å². The Kier molecular flexibility index (Phi) is 2.23. The number of aryl methyl sites for hydroxylation is 1. The normalized spacial score (nSPS) is 10.6. The van der Waals surface area contributed by atoms with Crippen LogP contribution in [0.5, 0.6) is 11.5 Å². The number of aromatic amines is 1. The Morgan fingerprint density at radius 1 is 1.19 bits per heavy atom. The lowest BCUT2D eigenvalue weighted by Crippen LogP contribution is -1.90. The molecule has 5 heteroatoms. The van der Waals surface area contributed by atoms with Crippen LogP contribution in [-0.2, 0) is 0 Å². The van der Waals surface area contributed by atoms with Gasteiger partial charge in [0.15, 0.2) is 11.5 Å². The first-order valence-electron chi connectivity index (χ1n) is 4.83. The van der Waals surface area contributed by atoms with Gasteiger partial charge in [0.05, 0.1) is 6.20 Å². The topological polar surface area (TPSA) is 95.2 Å². The van der Waals surface area contributed by atoms with Crippen molar-refractivity contribution in [2.45, 2.75) is 13.8 Å². The zero-order chi connectivity index (χ0) is 11.9. The van der Waals surface area contributed by atoms with E-state index in [0.29, 0.717) is 22.5 Å². The number of nitrogens with one attached hydrogen (secondary N) is 1. The second kappa shape index (κ2) is 3.44. The van der Waals surface area contributed by atoms with Gasteiger partial charge in [0.1, 0.15) is 5.82 Å². The van der Waals surface area contributed by atoms with Crippen LogP contribution in [0.3, 0.4) is 0 Å². The van der Waals surface area contributed by atoms with E-state index in [4.69, 9.17) is 5.73 Å². The average molecular weight is 219 g/mol. The second-order valence-corrected chi connectivity index (χ2v) is 3.76. The quantitative estimate of drug-likeness (QED) is 0.549. The summed E-state index contributed by atoms with van der Waals surface area (Å²) < 4.78 is 0. The maximum Gasteiger partial charge on any atom is 0.165 e. The Morgan fingerprint density at radius 2 is 1.88 bits per heavy atom. The van der Waals surface area contributed by atoms with Crippen molar-refractivity contribution < 1.29 is 10.2 Å². The van der Waals surface area contributed by atoms with E-state index in [1.807, 2.05) is 6.92 Å². The lowest BCUT2D eigenvalue weighted by atomic mass is 10.00. The van der Waals surface area contributed by atoms with Crippen LogP contribution >= 0.6 is 0 Å². The number of anilines is 1. The lowest BCUT2D eigenvalue weighted by molar-refractivity contribution is 0.402. The fraction of sp³-hybridized carbons (Fsp3) is 0.182. The highest BCUT2D eigenvalue weighted by atomic mass is 16.3. The molecule has 16 heavy (non-hydrogen) atoms. The molecular formula is C11H13N3O2. The number of hydrogen-bond donors (Lipinski definition) is 4. The first kappa shape index (κ1) is 10.4. The Bertz CT molecular complexity index is 546. The summed E-state index contributed by atoms with van der Waals surface area (Å²) >= 11 is 0. The SMILES string of the molecule is Cc1cc(-c2cn[nH]c2N)c(O)c(O)c1C. The number of aromatic nitrogens is 2. The highest BCUT2D eigenvalue weighted by Crippen LogP contribution is 2.41. The number of benzene rings is 1. The molecule has 0 radical (unpaired) electrons. The number of nitrogens with zero attached hydrogens (tertiary/aromatic N) is 1. The first-order valence-corrected chi connectivity index (χ1v) is 4.83. The number of phenolic OH excluding ortho intramolecular Hbond substituents is 2. The van der Waals surface area contributed by atoms with Gasteiger partial charge in [-0.1, -0.05) is 0 Å². The lowest BCUT2D eigenvalue weighted by Gasteiger charge is -2.10. The molecule has 0 saturated carbocycles. The van der Waals surface area contributed by atoms with Gasteiger partial charge in [0.2, 0.25) is 0 Å². The standard InChI is InChI=1S/C11H13N3O2/c1-5-3-7(8-4-13-14-11(8)12)10(16)9(15)6(5)2/h3-4,15-16H,1-2H3,(H3,12,13,14). The molecule has 2 rings (SSSR count). The Morgan fingerprint density at radius 3 is 2.44 bits per heavy atom. The molecule has 5 N–H and O–H groups in total. The van der Waals surface area contributed by atoms with Crippen molar-refractivity contribution in [1.29, 1.82) is 0 Å². The van der Waals surface area contributed by atoms with Gasteiger partial charge in [0, 0.05) is 11.1 Å². The van der Waals surface area contributed by atoms with Crippen LogP contribution in [0.1, 0.15) is 11.1 Å². The molecule has 0 aliphatic rings. The van der Waals surface area contributed by atoms with Crippen LogP contribution in [-0.4, -0.2) is 20.4 Å². The molecule has 0 saturated heterocycles. The molecular weight excluding hydrogens is 206 g/mol. The summed E-state index contributed by atoms with van der Waals surface area (Å²) in [5.74, 6) is 0.0738. The monoisotopic (exact) mass is 219 g/mol. The Labute approximate surface area is 92.5 Å². The molecule has 0 atom stereocenters. The number of hydrogen-bond acceptors (Lipinski definition) is 4. The molecule has 1 aromatic carbocycles. The average Bonchev–Trinajstić information content (AvgIpc) is 2.67. The number of rotatable bonds is 1. The molecule has 2 aromatic rings. The molecule has 0 bridgehead atoms. The van der Waals surface area contributed by atoms with E-state index in [-0.39, 0.29) is 11.5 Å². The molecule has 0 unspecified atom stereocenters. The maximum atomic E-state index is 9.85. The van der Waals surface area contributed by atoms with Gasteiger partial charge in [-0.3, -0.25) is 5.10 Å². The first-order chi connectivity index (χ1) is 7.52. The summed E-state index contributed by atoms with van der Waals surface area (Å²) in [6.45, 7) is 3.60. The van der Waals surface area contributed by atoms with Gasteiger partial charge >= 0.3 is 0 Å². The molecule has 0 aliphatic carbocycles. The summed E-state index contributed by atoms with van der Waals surface area (Å²) in [6.07, 6.45) is 1.51. The summed E-state index contributed by atoms with van der Waals surface area (Å²) in [4.78, 5) is 0. The molecule has 0 spiro atoms. The van der Waals surface area contributed by atoms with Crippen molar-refractivity contribution in [3.63, 3.8) is 0 Å². The van der Waals surface area contributed by atoms with Gasteiger partial charge in [-0.25, -0.2) is 0 Å². The van der Waals surface area contributed by atoms with Crippen molar-refractivity contribution in [2.75, 3.05) is 5.73 Å². The van der Waals surface area contributed by atoms with Gasteiger partial charge in [-0.2, -0.15) is 5.10 Å². The third-order valence-electron chi connectivity index (χ3n) is 2.75. The third-order valence-corrected chi connectivity index (χ3v) is 2.75. The molecule has 84 valence electrons. The molecule has 5 nitrogen and oxygen atoms in total. The van der Waals surface area contributed by atoms with Crippen molar-refractivity contribution in [3.05, 3.63) is 23.4 Å². The summed E-state index contributed by atoms with van der Waals surface area (Å²) in [7, 11) is 0. The van der Waals surface area contributed by atoms with Crippen LogP contribution < -0.4 is 5.73 Å².